The van der Waals surface area contributed by atoms with E-state index in [1.807, 2.05) is 26.1 Å². The number of carbonyl (C=O) groups is 3. The molecule has 1 aliphatic heterocycles. The van der Waals surface area contributed by atoms with Gasteiger partial charge in [0.15, 0.2) is 0 Å². The summed E-state index contributed by atoms with van der Waals surface area (Å²) in [6.07, 6.45) is -4.53. The number of ether oxygens (including phenoxy) is 1. The molecule has 2 aliphatic rings. The van der Waals surface area contributed by atoms with E-state index in [-0.39, 0.29) is 24.0 Å². The van der Waals surface area contributed by atoms with Crippen LogP contribution in [-0.2, 0) is 25.7 Å². The van der Waals surface area contributed by atoms with E-state index >= 15 is 0 Å². The Hall–Kier alpha value is -2.94. The van der Waals surface area contributed by atoms with Gasteiger partial charge in [-0.1, -0.05) is 6.07 Å². The van der Waals surface area contributed by atoms with Crippen LogP contribution in [0.3, 0.4) is 0 Å². The largest absolute Gasteiger partial charge is 0.490 e. The lowest BCUT2D eigenvalue weighted by Crippen LogP contribution is -2.47. The van der Waals surface area contributed by atoms with Crippen LogP contribution in [0.1, 0.15) is 32.3 Å². The third-order valence-corrected chi connectivity index (χ3v) is 5.05. The van der Waals surface area contributed by atoms with Gasteiger partial charge in [-0.05, 0) is 38.3 Å². The number of aliphatic carboxylic acids is 2. The molecule has 1 saturated heterocycles. The minimum absolute atomic E-state index is 0.0758. The number of carboxylic acids is 2. The summed E-state index contributed by atoms with van der Waals surface area (Å²) in [7, 11) is 0. The van der Waals surface area contributed by atoms with Crippen LogP contribution in [0.4, 0.5) is 26.3 Å². The Morgan fingerprint density at radius 1 is 1.11 bits per heavy atom. The average molecular weight is 531 g/mol. The number of nitrogens with one attached hydrogen (secondary N) is 1. The molecular formula is C21H27F6N3O6. The fourth-order valence-electron chi connectivity index (χ4n) is 3.57. The van der Waals surface area contributed by atoms with Gasteiger partial charge < -0.3 is 20.3 Å². The molecule has 2 heterocycles. The van der Waals surface area contributed by atoms with Crippen LogP contribution in [-0.4, -0.2) is 81.6 Å². The Morgan fingerprint density at radius 3 is 2.11 bits per heavy atom. The van der Waals surface area contributed by atoms with Crippen LogP contribution in [0.15, 0.2) is 24.5 Å². The second-order valence-corrected chi connectivity index (χ2v) is 8.25. The molecule has 9 nitrogen and oxygen atoms in total. The zero-order valence-electron chi connectivity index (χ0n) is 19.3. The predicted octanol–water partition coefficient (Wildman–Crippen LogP) is 2.85. The molecule has 0 radical (unpaired) electrons. The van der Waals surface area contributed by atoms with Gasteiger partial charge in [0.05, 0.1) is 12.7 Å². The van der Waals surface area contributed by atoms with Crippen LogP contribution < -0.4 is 5.32 Å². The average Bonchev–Trinajstić information content (AvgIpc) is 3.19. The van der Waals surface area contributed by atoms with E-state index in [1.165, 1.54) is 5.56 Å². The predicted molar refractivity (Wildman–Crippen MR) is 112 cm³/mol. The molecule has 0 spiro atoms. The molecule has 3 N–H and O–H groups in total. The number of carboxylic acid groups (broad SMARTS) is 2. The quantitative estimate of drug-likeness (QED) is 0.506. The standard InChI is InChI=1S/C17H25N3O2.2C2HF3O2/c1-12(2)19-17(21)14-8-15-16(9-14)22-7-6-20(15)11-13-4-3-5-18-10-13;2*3-2(4,5)1(6)7/h3-5,10,12,14-16H,6-9,11H2,1-2H3,(H,19,21);2*(H,6,7)/t14-,15+,16+;;/m0../s1. The van der Waals surface area contributed by atoms with Gasteiger partial charge in [-0.3, -0.25) is 14.7 Å². The molecule has 1 aromatic heterocycles. The van der Waals surface area contributed by atoms with Crippen molar-refractivity contribution in [1.29, 1.82) is 0 Å². The van der Waals surface area contributed by atoms with Gasteiger partial charge in [0.1, 0.15) is 0 Å². The van der Waals surface area contributed by atoms with Crippen molar-refractivity contribution in [3.05, 3.63) is 30.1 Å². The number of hydrogen-bond donors (Lipinski definition) is 3. The van der Waals surface area contributed by atoms with Crippen molar-refractivity contribution < 1.29 is 55.7 Å². The molecule has 204 valence electrons. The van der Waals surface area contributed by atoms with Gasteiger partial charge in [0.25, 0.3) is 0 Å². The summed E-state index contributed by atoms with van der Waals surface area (Å²) in [6, 6.07) is 4.62. The maximum atomic E-state index is 12.3. The Morgan fingerprint density at radius 2 is 1.67 bits per heavy atom. The van der Waals surface area contributed by atoms with Gasteiger partial charge >= 0.3 is 24.3 Å². The Labute approximate surface area is 202 Å². The molecule has 3 atom stereocenters. The van der Waals surface area contributed by atoms with Crippen molar-refractivity contribution in [1.82, 2.24) is 15.2 Å². The number of pyridine rings is 1. The number of morpholine rings is 1. The van der Waals surface area contributed by atoms with Gasteiger partial charge in [-0.25, -0.2) is 9.59 Å². The van der Waals surface area contributed by atoms with Crippen LogP contribution in [0.25, 0.3) is 0 Å². The molecule has 1 aromatic rings. The second kappa shape index (κ2) is 13.4. The number of alkyl halides is 6. The normalized spacial score (nSPS) is 21.9. The zero-order chi connectivity index (χ0) is 27.7. The van der Waals surface area contributed by atoms with E-state index in [1.54, 1.807) is 6.20 Å². The molecule has 1 amide bonds. The fraction of sp³-hybridized carbons (Fsp3) is 0.619. The minimum Gasteiger partial charge on any atom is -0.475 e. The second-order valence-electron chi connectivity index (χ2n) is 8.25. The summed E-state index contributed by atoms with van der Waals surface area (Å²) in [5.41, 5.74) is 1.22. The first-order valence-electron chi connectivity index (χ1n) is 10.7. The topological polar surface area (TPSA) is 129 Å². The Kier molecular flexibility index (Phi) is 11.6. The lowest BCUT2D eigenvalue weighted by atomic mass is 10.1. The van der Waals surface area contributed by atoms with Crippen molar-refractivity contribution in [2.45, 2.75) is 63.8 Å². The van der Waals surface area contributed by atoms with Crippen molar-refractivity contribution in [2.75, 3.05) is 13.2 Å². The van der Waals surface area contributed by atoms with Gasteiger partial charge in [0.2, 0.25) is 5.91 Å². The summed E-state index contributed by atoms with van der Waals surface area (Å²) in [5.74, 6) is -5.26. The number of hydrogen-bond acceptors (Lipinski definition) is 6. The minimum atomic E-state index is -5.08. The first kappa shape index (κ1) is 31.1. The van der Waals surface area contributed by atoms with Gasteiger partial charge in [-0.15, -0.1) is 0 Å². The van der Waals surface area contributed by atoms with E-state index < -0.39 is 24.3 Å². The summed E-state index contributed by atoms with van der Waals surface area (Å²) in [4.78, 5) is 36.7. The molecule has 36 heavy (non-hydrogen) atoms. The van der Waals surface area contributed by atoms with Crippen molar-refractivity contribution >= 4 is 17.8 Å². The molecule has 15 heteroatoms. The highest BCUT2D eigenvalue weighted by Gasteiger charge is 2.43. The highest BCUT2D eigenvalue weighted by molar-refractivity contribution is 5.79. The van der Waals surface area contributed by atoms with E-state index in [9.17, 15) is 31.1 Å². The summed E-state index contributed by atoms with van der Waals surface area (Å²) in [5, 5.41) is 17.3. The SMILES string of the molecule is CC(C)NC(=O)[C@H]1C[C@@H]2[C@@H](C1)OCCN2Cc1cccnc1.O=C(O)C(F)(F)F.O=C(O)C(F)(F)F. The maximum absolute atomic E-state index is 12.3. The first-order chi connectivity index (χ1) is 16.5. The number of fused-ring (bicyclic) bond motifs is 1. The van der Waals surface area contributed by atoms with Crippen LogP contribution in [0.2, 0.25) is 0 Å². The van der Waals surface area contributed by atoms with E-state index in [2.05, 4.69) is 21.3 Å². The smallest absolute Gasteiger partial charge is 0.475 e. The molecule has 1 saturated carbocycles. The van der Waals surface area contributed by atoms with E-state index in [0.717, 1.165) is 32.5 Å². The third-order valence-electron chi connectivity index (χ3n) is 5.05. The van der Waals surface area contributed by atoms with Crippen molar-refractivity contribution in [2.24, 2.45) is 5.92 Å². The maximum Gasteiger partial charge on any atom is 0.490 e. The highest BCUT2D eigenvalue weighted by atomic mass is 19.4. The number of aromatic nitrogens is 1. The molecular weight excluding hydrogens is 504 g/mol. The lowest BCUT2D eigenvalue weighted by Gasteiger charge is -2.37. The Bertz CT molecular complexity index is 842. The summed E-state index contributed by atoms with van der Waals surface area (Å²) >= 11 is 0. The van der Waals surface area contributed by atoms with E-state index in [4.69, 9.17) is 24.5 Å². The van der Waals surface area contributed by atoms with Crippen molar-refractivity contribution in [3.63, 3.8) is 0 Å². The summed E-state index contributed by atoms with van der Waals surface area (Å²) < 4.78 is 69.4. The number of rotatable bonds is 4. The highest BCUT2D eigenvalue weighted by Crippen LogP contribution is 2.35. The van der Waals surface area contributed by atoms with Gasteiger partial charge in [-0.2, -0.15) is 26.3 Å². The van der Waals surface area contributed by atoms with E-state index in [0.29, 0.717) is 6.04 Å². The van der Waals surface area contributed by atoms with Gasteiger partial charge in [0, 0.05) is 43.5 Å². The number of carbonyl (C=O) groups excluding carboxylic acids is 1. The van der Waals surface area contributed by atoms with Crippen LogP contribution in [0.5, 0.6) is 0 Å². The zero-order valence-corrected chi connectivity index (χ0v) is 19.3. The molecule has 2 fully saturated rings. The van der Waals surface area contributed by atoms with Crippen LogP contribution in [0, 0.1) is 5.92 Å². The Balaban J connectivity index is 0.000000383. The lowest BCUT2D eigenvalue weighted by molar-refractivity contribution is -0.193. The number of halogens is 6. The van der Waals surface area contributed by atoms with Crippen LogP contribution >= 0.6 is 0 Å². The van der Waals surface area contributed by atoms with Crippen molar-refractivity contribution in [3.8, 4) is 0 Å². The molecule has 0 bridgehead atoms. The first-order valence-corrected chi connectivity index (χ1v) is 10.7. The molecule has 0 unspecified atom stereocenters. The number of nitrogens with zero attached hydrogens (tertiary/aromatic N) is 2. The monoisotopic (exact) mass is 531 g/mol. The molecule has 1 aliphatic carbocycles. The molecule has 3 rings (SSSR count). The number of amides is 1. The third kappa shape index (κ3) is 10.8. The molecule has 0 aromatic carbocycles. The summed E-state index contributed by atoms with van der Waals surface area (Å²) in [6.45, 7) is 6.57. The fourth-order valence-corrected chi connectivity index (χ4v) is 3.57.